The average Bonchev–Trinajstić information content (AvgIpc) is 1.47. The number of carbonyl (C=O) groups excluding carboxylic acids is 3. The van der Waals surface area contributed by atoms with Crippen LogP contribution in [0.25, 0.3) is 88.5 Å². The number of amides is 4. The number of carbonyl (C=O) groups is 3. The first kappa shape index (κ1) is 84.9. The highest BCUT2D eigenvalue weighted by Crippen LogP contribution is 2.33. The van der Waals surface area contributed by atoms with Crippen molar-refractivity contribution < 1.29 is 19.1 Å². The van der Waals surface area contributed by atoms with E-state index in [9.17, 15) is 14.4 Å². The van der Waals surface area contributed by atoms with Gasteiger partial charge in [-0.3, -0.25) is 29.7 Å². The lowest BCUT2D eigenvalue weighted by atomic mass is 9.98. The second-order valence-corrected chi connectivity index (χ2v) is 30.2. The number of hydrazone groups is 2. The second-order valence-electron chi connectivity index (χ2n) is 29.8. The molecule has 0 saturated carbocycles. The highest BCUT2D eigenvalue weighted by atomic mass is 35.5. The third kappa shape index (κ3) is 18.6. The van der Waals surface area contributed by atoms with Gasteiger partial charge in [-0.15, -0.1) is 51.0 Å². The van der Waals surface area contributed by atoms with Crippen molar-refractivity contribution in [3.8, 4) is 0 Å². The number of aromatic nitrogens is 25. The molecule has 0 aliphatic heterocycles. The fourth-order valence-electron chi connectivity index (χ4n) is 14.3. The zero-order chi connectivity index (χ0) is 89.2. The van der Waals surface area contributed by atoms with E-state index in [0.717, 1.165) is 94.0 Å². The molecule has 0 aliphatic rings. The number of benzene rings is 5. The fraction of sp³-hybridized carbons (Fsp3) is 0.163. The zero-order valence-electron chi connectivity index (χ0n) is 70.6. The number of nitrogens with one attached hydrogen (secondary N) is 2. The summed E-state index contributed by atoms with van der Waals surface area (Å²) in [6.45, 7) is 21.7. The number of halogens is 1. The molecule has 636 valence electrons. The van der Waals surface area contributed by atoms with Crippen molar-refractivity contribution in [3.05, 3.63) is 335 Å². The van der Waals surface area contributed by atoms with Crippen LogP contribution in [0, 0.1) is 0 Å². The Balaban J connectivity index is 0.000000118. The minimum absolute atomic E-state index is 0.0145. The van der Waals surface area contributed by atoms with E-state index in [-0.39, 0.29) is 35.4 Å². The van der Waals surface area contributed by atoms with Gasteiger partial charge in [0.25, 0.3) is 0 Å². The number of urea groups is 2. The van der Waals surface area contributed by atoms with Crippen molar-refractivity contribution in [1.29, 1.82) is 0 Å². The van der Waals surface area contributed by atoms with Gasteiger partial charge in [0, 0.05) is 94.4 Å². The summed E-state index contributed by atoms with van der Waals surface area (Å²) in [5.74, 6) is 4.09. The third-order valence-electron chi connectivity index (χ3n) is 21.3. The number of rotatable bonds is 18. The number of pyridine rings is 5. The maximum Gasteiger partial charge on any atom is 0.332 e. The minimum Gasteiger partial charge on any atom is -0.492 e. The summed E-state index contributed by atoms with van der Waals surface area (Å²) in [5.41, 5.74) is 31.4. The number of ether oxygens (including phenoxy) is 1. The summed E-state index contributed by atoms with van der Waals surface area (Å²) >= 11 is 5.98. The van der Waals surface area contributed by atoms with Gasteiger partial charge in [0.2, 0.25) is 0 Å². The van der Waals surface area contributed by atoms with E-state index >= 15 is 0 Å². The Bertz CT molecular complexity index is 7460. The zero-order valence-corrected chi connectivity index (χ0v) is 71.4. The monoisotopic (exact) mass is 1720 g/mol. The fourth-order valence-corrected chi connectivity index (χ4v) is 14.4. The lowest BCUT2D eigenvalue weighted by Crippen LogP contribution is -2.25. The first-order valence-corrected chi connectivity index (χ1v) is 41.0. The molecule has 3 unspecified atom stereocenters. The van der Waals surface area contributed by atoms with Gasteiger partial charge in [-0.1, -0.05) is 113 Å². The van der Waals surface area contributed by atoms with Gasteiger partial charge in [0.05, 0.1) is 45.6 Å². The largest absolute Gasteiger partial charge is 0.492 e. The first-order chi connectivity index (χ1) is 62.1. The molecule has 0 radical (unpaired) electrons. The number of ketones is 1. The van der Waals surface area contributed by atoms with Gasteiger partial charge in [-0.25, -0.2) is 20.4 Å². The predicted octanol–water partition coefficient (Wildman–Crippen LogP) is 14.8. The van der Waals surface area contributed by atoms with Crippen LogP contribution in [-0.2, 0) is 4.74 Å². The van der Waals surface area contributed by atoms with Gasteiger partial charge in [0.1, 0.15) is 33.7 Å². The molecule has 20 rings (SSSR count). The van der Waals surface area contributed by atoms with E-state index in [2.05, 4.69) is 218 Å². The Morgan fingerprint density at radius 1 is 0.359 bits per heavy atom. The van der Waals surface area contributed by atoms with Crippen LogP contribution in [0.1, 0.15) is 176 Å². The molecule has 0 bridgehead atoms. The first-order valence-electron chi connectivity index (χ1n) is 40.6. The smallest absolute Gasteiger partial charge is 0.332 e. The summed E-state index contributed by atoms with van der Waals surface area (Å²) in [4.78, 5) is 55.1. The van der Waals surface area contributed by atoms with Crippen molar-refractivity contribution in [2.45, 2.75) is 91.9 Å². The Kier molecular flexibility index (Phi) is 24.9. The topological polar surface area (TPSA) is 441 Å². The normalized spacial score (nSPS) is 12.8. The van der Waals surface area contributed by atoms with Crippen LogP contribution < -0.4 is 22.3 Å². The van der Waals surface area contributed by atoms with Gasteiger partial charge in [-0.05, 0) is 200 Å². The molecule has 128 heavy (non-hydrogen) atoms. The Morgan fingerprint density at radius 3 is 0.898 bits per heavy atom. The Hall–Kier alpha value is -16.7. The van der Waals surface area contributed by atoms with E-state index in [4.69, 9.17) is 27.8 Å². The maximum absolute atomic E-state index is 11.6. The van der Waals surface area contributed by atoms with E-state index < -0.39 is 12.1 Å². The van der Waals surface area contributed by atoms with Crippen LogP contribution in [0.2, 0.25) is 5.15 Å². The van der Waals surface area contributed by atoms with Crippen molar-refractivity contribution >= 4 is 129 Å². The summed E-state index contributed by atoms with van der Waals surface area (Å²) < 4.78 is 14.0. The van der Waals surface area contributed by atoms with Crippen LogP contribution in [0.3, 0.4) is 0 Å². The molecular weight excluding hydrogens is 1640 g/mol. The predicted molar refractivity (Wildman–Crippen MR) is 486 cm³/mol. The number of primary amides is 2. The molecule has 5 atom stereocenters. The molecule has 35 nitrogen and oxygen atoms in total. The van der Waals surface area contributed by atoms with Gasteiger partial charge in [-0.2, -0.15) is 58.3 Å². The highest BCUT2D eigenvalue weighted by Gasteiger charge is 2.25. The van der Waals surface area contributed by atoms with Crippen molar-refractivity contribution in [1.82, 2.24) is 135 Å². The summed E-state index contributed by atoms with van der Waals surface area (Å²) in [6.07, 6.45) is 8.93. The molecule has 0 aliphatic carbocycles. The average molecular weight is 1720 g/mol. The lowest BCUT2D eigenvalue weighted by molar-refractivity contribution is 0.101. The molecule has 5 aromatic carbocycles. The molecule has 15 aromatic heterocycles. The number of fused-ring (bicyclic) bond motifs is 10. The highest BCUT2D eigenvalue weighted by molar-refractivity contribution is 6.29. The van der Waals surface area contributed by atoms with Crippen molar-refractivity contribution in [3.63, 3.8) is 0 Å². The van der Waals surface area contributed by atoms with Gasteiger partial charge < -0.3 is 16.2 Å². The molecule has 15 heterocycles. The van der Waals surface area contributed by atoms with E-state index in [0.29, 0.717) is 97.4 Å². The summed E-state index contributed by atoms with van der Waals surface area (Å²) in [7, 11) is 0. The van der Waals surface area contributed by atoms with Crippen LogP contribution in [0.15, 0.2) is 260 Å². The Labute approximate surface area is 734 Å². The standard InChI is InChI=1S/C20H19N5O.2C19H18N8O.C18H15N5O.C16H12ClN5/c1-4-26-14(3)17-9-10-19-22-23-20(25(19)24-17)13(2)15-7-8-18-16(12-15)6-5-11-21-18;2*1-11(13-5-6-16-14(10-13)4-3-9-21-16)18-24-23-17-8-7-15(26-27(17)18)12(2)22-25-19(20)28;1-11(13-5-6-16-14(10-13)4-3-9-19-16)18-21-20-17-8-7-15(12(2)24)22-23(17)18;1-10(11-4-5-13-12(9-11)3-2-8-18-13)16-20-19-15-7-6-14(17)21-22(15)16/h5-13H,3-4H2,1-2H3;2*3-11H,1-2H3,(H3,20,25,28);3-11H,1-2H3;2-10H,1H3/b;2*22-12+;;/t;2*11-;;/m.10../s1. The third-order valence-corrected chi connectivity index (χ3v) is 21.5. The number of nitrogens with zero attached hydrogens (tertiary/aromatic N) is 27. The molecule has 0 saturated heterocycles. The minimum atomic E-state index is -0.732. The lowest BCUT2D eigenvalue weighted by Gasteiger charge is -2.11. The molecule has 36 heteroatoms. The molecular formula is C92H82ClN31O4. The Morgan fingerprint density at radius 2 is 0.617 bits per heavy atom. The number of nitrogens with two attached hydrogens (primary N) is 2. The quantitative estimate of drug-likeness (QED) is 0.0268. The van der Waals surface area contributed by atoms with E-state index in [1.807, 2.05) is 122 Å². The number of Topliss-reactive ketones (excluding diaryl/α,β-unsaturated/α-hetero) is 1. The van der Waals surface area contributed by atoms with Gasteiger partial charge in [0.15, 0.2) is 63.1 Å². The summed E-state index contributed by atoms with van der Waals surface area (Å²) in [6, 6.07) is 67.0. The van der Waals surface area contributed by atoms with Crippen LogP contribution in [0.5, 0.6) is 0 Å². The van der Waals surface area contributed by atoms with Crippen molar-refractivity contribution in [2.75, 3.05) is 6.61 Å². The summed E-state index contributed by atoms with van der Waals surface area (Å²) in [5, 5.41) is 78.6. The molecule has 6 N–H and O–H groups in total. The second kappa shape index (κ2) is 37.5. The van der Waals surface area contributed by atoms with Gasteiger partial charge >= 0.3 is 12.1 Å². The van der Waals surface area contributed by atoms with Crippen molar-refractivity contribution in [2.24, 2.45) is 21.7 Å². The molecule has 0 spiro atoms. The molecule has 0 fully saturated rings. The van der Waals surface area contributed by atoms with Crippen LogP contribution in [0.4, 0.5) is 9.59 Å². The SMILES string of the molecule is C/C(=N\NC(N)=O)c1ccc2nnc([C@@H](C)c3ccc4ncccc4c3)n2n1.C/C(=N\NC(N)=O)c1ccc2nnc([C@H](C)c3ccc4ncccc4c3)n2n1.C=C(OCC)c1ccc2nnc(C(C)c3ccc4ncccc4c3)n2n1.CC(=O)c1ccc2nnc(C(C)c3ccc4ncccc4c3)n2n1.CC(c1ccc2ncccc2c1)c1nnc2ccc(Cl)nn12. The molecule has 4 amide bonds. The van der Waals surface area contributed by atoms with E-state index in [1.165, 1.54) is 6.92 Å². The van der Waals surface area contributed by atoms with Crippen LogP contribution >= 0.6 is 11.6 Å². The van der Waals surface area contributed by atoms with Crippen LogP contribution in [-0.4, -0.2) is 160 Å². The van der Waals surface area contributed by atoms with E-state index in [1.54, 1.807) is 110 Å². The molecule has 20 aromatic rings. The number of hydrogen-bond acceptors (Lipinski definition) is 26. The number of hydrogen-bond donors (Lipinski definition) is 4. The maximum atomic E-state index is 11.6.